The molecule has 1 aromatic heterocycles. The minimum absolute atomic E-state index is 0.410. The number of halogens is 3. The maximum Gasteiger partial charge on any atom is 0.416 e. The lowest BCUT2D eigenvalue weighted by molar-refractivity contribution is -0.137. The van der Waals surface area contributed by atoms with E-state index in [2.05, 4.69) is 5.10 Å². The van der Waals surface area contributed by atoms with Crippen molar-refractivity contribution in [3.8, 4) is 11.3 Å². The zero-order valence-corrected chi connectivity index (χ0v) is 13.9. The SMILES string of the molecule is Cn1nccc1-c1cccc(C(C(N)=O)c2ccc(C(F)(F)F)cc2)c1. The number of hydrogen-bond donors (Lipinski definition) is 1. The molecule has 7 heteroatoms. The number of carbonyl (C=O) groups excluding carboxylic acids is 1. The van der Waals surface area contributed by atoms with Crippen LogP contribution in [0.2, 0.25) is 0 Å². The van der Waals surface area contributed by atoms with Crippen LogP contribution in [0.3, 0.4) is 0 Å². The fourth-order valence-electron chi connectivity index (χ4n) is 2.92. The Kier molecular flexibility index (Phi) is 4.54. The molecule has 0 aliphatic heterocycles. The first-order chi connectivity index (χ1) is 12.3. The summed E-state index contributed by atoms with van der Waals surface area (Å²) in [5.74, 6) is -1.47. The Labute approximate surface area is 148 Å². The number of aryl methyl sites for hydroxylation is 1. The van der Waals surface area contributed by atoms with E-state index in [0.29, 0.717) is 11.1 Å². The van der Waals surface area contributed by atoms with Gasteiger partial charge in [0.2, 0.25) is 5.91 Å². The Morgan fingerprint density at radius 3 is 2.31 bits per heavy atom. The lowest BCUT2D eigenvalue weighted by atomic mass is 9.89. The van der Waals surface area contributed by atoms with Gasteiger partial charge in [-0.05, 0) is 35.4 Å². The highest BCUT2D eigenvalue weighted by molar-refractivity contribution is 5.86. The molecule has 0 saturated heterocycles. The molecule has 26 heavy (non-hydrogen) atoms. The molecule has 2 aromatic carbocycles. The molecule has 1 unspecified atom stereocenters. The van der Waals surface area contributed by atoms with Crippen molar-refractivity contribution in [1.82, 2.24) is 9.78 Å². The van der Waals surface area contributed by atoms with Crippen molar-refractivity contribution < 1.29 is 18.0 Å². The van der Waals surface area contributed by atoms with E-state index in [1.807, 2.05) is 12.1 Å². The normalized spacial score (nSPS) is 12.8. The number of carbonyl (C=O) groups is 1. The van der Waals surface area contributed by atoms with Crippen LogP contribution in [0.1, 0.15) is 22.6 Å². The molecule has 3 aromatic rings. The Balaban J connectivity index is 2.01. The first-order valence-electron chi connectivity index (χ1n) is 7.82. The van der Waals surface area contributed by atoms with E-state index >= 15 is 0 Å². The second-order valence-electron chi connectivity index (χ2n) is 5.92. The molecule has 2 N–H and O–H groups in total. The minimum Gasteiger partial charge on any atom is -0.369 e. The first kappa shape index (κ1) is 17.7. The van der Waals surface area contributed by atoms with Crippen LogP contribution in [0, 0.1) is 0 Å². The highest BCUT2D eigenvalue weighted by atomic mass is 19.4. The van der Waals surface area contributed by atoms with E-state index in [9.17, 15) is 18.0 Å². The monoisotopic (exact) mass is 359 g/mol. The van der Waals surface area contributed by atoms with Gasteiger partial charge < -0.3 is 5.73 Å². The lowest BCUT2D eigenvalue weighted by Crippen LogP contribution is -2.22. The molecule has 0 aliphatic carbocycles. The van der Waals surface area contributed by atoms with Gasteiger partial charge in [0.05, 0.1) is 17.2 Å². The highest BCUT2D eigenvalue weighted by Gasteiger charge is 2.31. The summed E-state index contributed by atoms with van der Waals surface area (Å²) >= 11 is 0. The number of nitrogens with zero attached hydrogens (tertiary/aromatic N) is 2. The van der Waals surface area contributed by atoms with Gasteiger partial charge in [0.25, 0.3) is 0 Å². The zero-order chi connectivity index (χ0) is 18.9. The Morgan fingerprint density at radius 2 is 1.77 bits per heavy atom. The van der Waals surface area contributed by atoms with Crippen molar-refractivity contribution >= 4 is 5.91 Å². The number of amides is 1. The predicted molar refractivity (Wildman–Crippen MR) is 91.1 cm³/mol. The van der Waals surface area contributed by atoms with Crippen molar-refractivity contribution in [1.29, 1.82) is 0 Å². The van der Waals surface area contributed by atoms with Crippen LogP contribution in [-0.4, -0.2) is 15.7 Å². The molecule has 1 amide bonds. The van der Waals surface area contributed by atoms with Gasteiger partial charge in [-0.25, -0.2) is 0 Å². The third-order valence-corrected chi connectivity index (χ3v) is 4.19. The quantitative estimate of drug-likeness (QED) is 0.772. The molecule has 1 atom stereocenters. The van der Waals surface area contributed by atoms with E-state index < -0.39 is 23.6 Å². The topological polar surface area (TPSA) is 60.9 Å². The standard InChI is InChI=1S/C19H16F3N3O/c1-25-16(9-10-24-25)13-3-2-4-14(11-13)17(18(23)26)12-5-7-15(8-6-12)19(20,21)22/h2-11,17H,1H3,(H2,23,26). The summed E-state index contributed by atoms with van der Waals surface area (Å²) in [6, 6.07) is 13.5. The molecule has 0 spiro atoms. The number of hydrogen-bond acceptors (Lipinski definition) is 2. The van der Waals surface area contributed by atoms with E-state index in [-0.39, 0.29) is 0 Å². The van der Waals surface area contributed by atoms with Crippen molar-refractivity contribution in [2.75, 3.05) is 0 Å². The summed E-state index contributed by atoms with van der Waals surface area (Å²) in [4.78, 5) is 12.0. The maximum absolute atomic E-state index is 12.8. The van der Waals surface area contributed by atoms with Gasteiger partial charge in [0, 0.05) is 18.8 Å². The molecule has 0 radical (unpaired) electrons. The molecule has 0 aliphatic rings. The number of nitrogens with two attached hydrogens (primary N) is 1. The van der Waals surface area contributed by atoms with Crippen molar-refractivity contribution in [3.63, 3.8) is 0 Å². The van der Waals surface area contributed by atoms with Crippen molar-refractivity contribution in [2.45, 2.75) is 12.1 Å². The van der Waals surface area contributed by atoms with Crippen LogP contribution in [-0.2, 0) is 18.0 Å². The molecule has 3 rings (SSSR count). The average molecular weight is 359 g/mol. The second kappa shape index (κ2) is 6.67. The first-order valence-corrected chi connectivity index (χ1v) is 7.82. The van der Waals surface area contributed by atoms with E-state index in [1.165, 1.54) is 12.1 Å². The molecule has 0 saturated carbocycles. The fourth-order valence-corrected chi connectivity index (χ4v) is 2.92. The summed E-state index contributed by atoms with van der Waals surface area (Å²) in [5, 5.41) is 4.11. The Morgan fingerprint density at radius 1 is 1.08 bits per heavy atom. The Hall–Kier alpha value is -3.09. The predicted octanol–water partition coefficient (Wildman–Crippen LogP) is 3.72. The van der Waals surface area contributed by atoms with E-state index in [4.69, 9.17) is 5.73 Å². The third-order valence-electron chi connectivity index (χ3n) is 4.19. The van der Waals surface area contributed by atoms with Crippen LogP contribution in [0.5, 0.6) is 0 Å². The van der Waals surface area contributed by atoms with Gasteiger partial charge in [0.1, 0.15) is 0 Å². The van der Waals surface area contributed by atoms with Crippen molar-refractivity contribution in [3.05, 3.63) is 77.5 Å². The summed E-state index contributed by atoms with van der Waals surface area (Å²) < 4.78 is 39.9. The summed E-state index contributed by atoms with van der Waals surface area (Å²) in [7, 11) is 1.80. The van der Waals surface area contributed by atoms with Gasteiger partial charge in [-0.15, -0.1) is 0 Å². The smallest absolute Gasteiger partial charge is 0.369 e. The van der Waals surface area contributed by atoms with Crippen LogP contribution in [0.4, 0.5) is 13.2 Å². The third kappa shape index (κ3) is 3.46. The van der Waals surface area contributed by atoms with E-state index in [1.54, 1.807) is 36.1 Å². The number of aromatic nitrogens is 2. The second-order valence-corrected chi connectivity index (χ2v) is 5.92. The molecule has 134 valence electrons. The molecular formula is C19H16F3N3O. The molecule has 0 bridgehead atoms. The van der Waals surface area contributed by atoms with Crippen LogP contribution in [0.25, 0.3) is 11.3 Å². The van der Waals surface area contributed by atoms with Gasteiger partial charge in [-0.3, -0.25) is 9.48 Å². The van der Waals surface area contributed by atoms with E-state index in [0.717, 1.165) is 23.4 Å². The molecule has 0 fully saturated rings. The molecular weight excluding hydrogens is 343 g/mol. The van der Waals surface area contributed by atoms with Gasteiger partial charge in [-0.2, -0.15) is 18.3 Å². The van der Waals surface area contributed by atoms with Crippen LogP contribution in [0.15, 0.2) is 60.8 Å². The highest BCUT2D eigenvalue weighted by Crippen LogP contribution is 2.32. The summed E-state index contributed by atoms with van der Waals surface area (Å²) in [6.07, 6.45) is -2.77. The number of benzene rings is 2. The van der Waals surface area contributed by atoms with Crippen molar-refractivity contribution in [2.24, 2.45) is 12.8 Å². The Bertz CT molecular complexity index is 930. The number of primary amides is 1. The van der Waals surface area contributed by atoms with Crippen LogP contribution < -0.4 is 5.73 Å². The zero-order valence-electron chi connectivity index (χ0n) is 13.9. The molecule has 4 nitrogen and oxygen atoms in total. The fraction of sp³-hybridized carbons (Fsp3) is 0.158. The van der Waals surface area contributed by atoms with Crippen LogP contribution >= 0.6 is 0 Å². The molecule has 1 heterocycles. The van der Waals surface area contributed by atoms with Gasteiger partial charge >= 0.3 is 6.18 Å². The summed E-state index contributed by atoms with van der Waals surface area (Å²) in [6.45, 7) is 0. The minimum atomic E-state index is -4.43. The maximum atomic E-state index is 12.8. The van der Waals surface area contributed by atoms with Gasteiger partial charge in [0.15, 0.2) is 0 Å². The summed E-state index contributed by atoms with van der Waals surface area (Å²) in [5.41, 5.74) is 7.47. The average Bonchev–Trinajstić information content (AvgIpc) is 3.01. The lowest BCUT2D eigenvalue weighted by Gasteiger charge is -2.16. The number of alkyl halides is 3. The van der Waals surface area contributed by atoms with Gasteiger partial charge in [-0.1, -0.05) is 30.3 Å². The number of rotatable bonds is 4. The largest absolute Gasteiger partial charge is 0.416 e.